The van der Waals surface area contributed by atoms with Crippen LogP contribution in [0.2, 0.25) is 0 Å². The third kappa shape index (κ3) is 3.60. The van der Waals surface area contributed by atoms with Crippen molar-refractivity contribution >= 4 is 17.4 Å². The third-order valence-corrected chi connectivity index (χ3v) is 4.69. The fraction of sp³-hybridized carbons (Fsp3) is 0.364. The Balaban J connectivity index is 1.94. The van der Waals surface area contributed by atoms with Crippen molar-refractivity contribution in [1.82, 2.24) is 0 Å². The van der Waals surface area contributed by atoms with Crippen LogP contribution in [0.5, 0.6) is 5.75 Å². The number of carbonyl (C=O) groups is 2. The fourth-order valence-electron chi connectivity index (χ4n) is 3.60. The minimum Gasteiger partial charge on any atom is -0.491 e. The molecule has 1 aliphatic rings. The molecule has 1 unspecified atom stereocenters. The van der Waals surface area contributed by atoms with E-state index in [1.807, 2.05) is 51.1 Å². The summed E-state index contributed by atoms with van der Waals surface area (Å²) in [6.07, 6.45) is -0.132. The second-order valence-corrected chi connectivity index (χ2v) is 7.41. The van der Waals surface area contributed by atoms with E-state index in [0.29, 0.717) is 17.8 Å². The molecule has 0 bridgehead atoms. The van der Waals surface area contributed by atoms with Crippen LogP contribution in [0.3, 0.4) is 0 Å². The number of aryl methyl sites for hydroxylation is 1. The van der Waals surface area contributed by atoms with Crippen LogP contribution in [0.1, 0.15) is 43.9 Å². The van der Waals surface area contributed by atoms with Crippen molar-refractivity contribution in [1.29, 1.82) is 0 Å². The highest BCUT2D eigenvalue weighted by Gasteiger charge is 2.50. The summed E-state index contributed by atoms with van der Waals surface area (Å²) in [6, 6.07) is 13.0. The lowest BCUT2D eigenvalue weighted by molar-refractivity contribution is -0.141. The Bertz CT molecular complexity index is 872. The van der Waals surface area contributed by atoms with Gasteiger partial charge in [-0.15, -0.1) is 0 Å². The Morgan fingerprint density at radius 1 is 1.19 bits per heavy atom. The molecule has 2 aromatic rings. The number of aliphatic hydroxyl groups is 1. The SMILES string of the molecule is CC(=O)CC1(O)C(=O)N(Cc2ccc(OC(C)C)cc2)c2c(C)cccc21. The molecule has 1 aliphatic heterocycles. The van der Waals surface area contributed by atoms with Crippen molar-refractivity contribution < 1.29 is 19.4 Å². The van der Waals surface area contributed by atoms with Gasteiger partial charge in [0.1, 0.15) is 11.5 Å². The highest BCUT2D eigenvalue weighted by molar-refractivity contribution is 6.09. The van der Waals surface area contributed by atoms with Crippen LogP contribution in [0.4, 0.5) is 5.69 Å². The number of fused-ring (bicyclic) bond motifs is 1. The molecule has 5 nitrogen and oxygen atoms in total. The number of Topliss-reactive ketones (excluding diaryl/α,β-unsaturated/α-hetero) is 1. The first-order valence-electron chi connectivity index (χ1n) is 9.12. The Hall–Kier alpha value is -2.66. The summed E-state index contributed by atoms with van der Waals surface area (Å²) in [5.41, 5.74) is 1.20. The van der Waals surface area contributed by atoms with Crippen LogP contribution in [0.15, 0.2) is 42.5 Å². The number of carbonyl (C=O) groups excluding carboxylic acids is 2. The minimum absolute atomic E-state index is 0.0899. The summed E-state index contributed by atoms with van der Waals surface area (Å²) in [5, 5.41) is 11.1. The normalized spacial score (nSPS) is 18.7. The van der Waals surface area contributed by atoms with Gasteiger partial charge < -0.3 is 14.7 Å². The number of nitrogens with zero attached hydrogens (tertiary/aromatic N) is 1. The van der Waals surface area contributed by atoms with Gasteiger partial charge in [-0.25, -0.2) is 0 Å². The van der Waals surface area contributed by atoms with Gasteiger partial charge in [0.15, 0.2) is 5.60 Å². The van der Waals surface area contributed by atoms with Gasteiger partial charge in [-0.2, -0.15) is 0 Å². The molecule has 27 heavy (non-hydrogen) atoms. The summed E-state index contributed by atoms with van der Waals surface area (Å²) < 4.78 is 5.65. The summed E-state index contributed by atoms with van der Waals surface area (Å²) in [4.78, 5) is 26.4. The van der Waals surface area contributed by atoms with Crippen molar-refractivity contribution in [2.24, 2.45) is 0 Å². The number of para-hydroxylation sites is 1. The molecule has 0 aliphatic carbocycles. The molecule has 0 fully saturated rings. The Labute approximate surface area is 159 Å². The molecule has 142 valence electrons. The Kier molecular flexibility index (Phi) is 5.07. The average Bonchev–Trinajstić information content (AvgIpc) is 2.78. The smallest absolute Gasteiger partial charge is 0.264 e. The van der Waals surface area contributed by atoms with Gasteiger partial charge in [0.25, 0.3) is 5.91 Å². The van der Waals surface area contributed by atoms with Crippen molar-refractivity contribution in [3.63, 3.8) is 0 Å². The molecule has 0 saturated heterocycles. The number of rotatable bonds is 6. The van der Waals surface area contributed by atoms with Gasteiger partial charge in [-0.05, 0) is 51.0 Å². The molecule has 0 radical (unpaired) electrons. The van der Waals surface area contributed by atoms with Gasteiger partial charge in [0, 0.05) is 12.0 Å². The van der Waals surface area contributed by atoms with E-state index in [1.165, 1.54) is 6.92 Å². The number of hydrogen-bond acceptors (Lipinski definition) is 4. The first kappa shape index (κ1) is 19.1. The highest BCUT2D eigenvalue weighted by atomic mass is 16.5. The fourth-order valence-corrected chi connectivity index (χ4v) is 3.60. The van der Waals surface area contributed by atoms with E-state index in [-0.39, 0.29) is 18.3 Å². The van der Waals surface area contributed by atoms with E-state index in [0.717, 1.165) is 16.9 Å². The summed E-state index contributed by atoms with van der Waals surface area (Å²) >= 11 is 0. The van der Waals surface area contributed by atoms with Crippen LogP contribution < -0.4 is 9.64 Å². The van der Waals surface area contributed by atoms with Crippen molar-refractivity contribution in [3.05, 3.63) is 59.2 Å². The zero-order valence-electron chi connectivity index (χ0n) is 16.2. The zero-order chi connectivity index (χ0) is 19.8. The number of ether oxygens (including phenoxy) is 1. The molecule has 0 aromatic heterocycles. The number of hydrogen-bond donors (Lipinski definition) is 1. The quantitative estimate of drug-likeness (QED) is 0.849. The second-order valence-electron chi connectivity index (χ2n) is 7.41. The lowest BCUT2D eigenvalue weighted by atomic mass is 9.89. The standard InChI is InChI=1S/C22H25NO4/c1-14(2)27-18-10-8-17(9-11-18)13-23-20-15(3)6-5-7-19(20)22(26,21(23)25)12-16(4)24/h5-11,14,26H,12-13H2,1-4H3. The Morgan fingerprint density at radius 3 is 2.44 bits per heavy atom. The van der Waals surface area contributed by atoms with E-state index in [1.54, 1.807) is 17.0 Å². The van der Waals surface area contributed by atoms with Crippen molar-refractivity contribution in [3.8, 4) is 5.75 Å². The van der Waals surface area contributed by atoms with Gasteiger partial charge in [-0.3, -0.25) is 9.59 Å². The largest absolute Gasteiger partial charge is 0.491 e. The maximum atomic E-state index is 13.1. The van der Waals surface area contributed by atoms with Crippen LogP contribution in [-0.2, 0) is 21.7 Å². The van der Waals surface area contributed by atoms with E-state index in [4.69, 9.17) is 4.74 Å². The summed E-state index contributed by atoms with van der Waals surface area (Å²) in [5.74, 6) is 0.0889. The molecule has 0 saturated carbocycles. The zero-order valence-corrected chi connectivity index (χ0v) is 16.2. The molecule has 1 amide bonds. The predicted octanol–water partition coefficient (Wildman–Crippen LogP) is 3.50. The second kappa shape index (κ2) is 7.16. The van der Waals surface area contributed by atoms with Gasteiger partial charge >= 0.3 is 0 Å². The van der Waals surface area contributed by atoms with E-state index >= 15 is 0 Å². The molecule has 1 heterocycles. The van der Waals surface area contributed by atoms with Gasteiger partial charge in [-0.1, -0.05) is 30.3 Å². The topological polar surface area (TPSA) is 66.8 Å². The average molecular weight is 367 g/mol. The number of amides is 1. The summed E-state index contributed by atoms with van der Waals surface area (Å²) in [6.45, 7) is 7.53. The lowest BCUT2D eigenvalue weighted by Gasteiger charge is -2.22. The number of anilines is 1. The number of benzene rings is 2. The van der Waals surface area contributed by atoms with Gasteiger partial charge in [0.05, 0.1) is 18.3 Å². The van der Waals surface area contributed by atoms with E-state index < -0.39 is 11.5 Å². The monoisotopic (exact) mass is 367 g/mol. The van der Waals surface area contributed by atoms with Crippen LogP contribution in [0.25, 0.3) is 0 Å². The molecule has 1 N–H and O–H groups in total. The maximum absolute atomic E-state index is 13.1. The van der Waals surface area contributed by atoms with Crippen LogP contribution in [-0.4, -0.2) is 22.9 Å². The molecular formula is C22H25NO4. The highest BCUT2D eigenvalue weighted by Crippen LogP contribution is 2.44. The van der Waals surface area contributed by atoms with E-state index in [9.17, 15) is 14.7 Å². The number of ketones is 1. The molecular weight excluding hydrogens is 342 g/mol. The predicted molar refractivity (Wildman–Crippen MR) is 104 cm³/mol. The molecule has 1 atom stereocenters. The summed E-state index contributed by atoms with van der Waals surface area (Å²) in [7, 11) is 0. The van der Waals surface area contributed by atoms with Crippen LogP contribution in [0, 0.1) is 6.92 Å². The van der Waals surface area contributed by atoms with Gasteiger partial charge in [0.2, 0.25) is 0 Å². The molecule has 0 spiro atoms. The van der Waals surface area contributed by atoms with E-state index in [2.05, 4.69) is 0 Å². The molecule has 2 aromatic carbocycles. The first-order chi connectivity index (χ1) is 12.7. The van der Waals surface area contributed by atoms with Crippen LogP contribution >= 0.6 is 0 Å². The first-order valence-corrected chi connectivity index (χ1v) is 9.12. The third-order valence-electron chi connectivity index (χ3n) is 4.69. The molecule has 5 heteroatoms. The molecule has 3 rings (SSSR count). The lowest BCUT2D eigenvalue weighted by Crippen LogP contribution is -2.41. The maximum Gasteiger partial charge on any atom is 0.264 e. The van der Waals surface area contributed by atoms with Crippen molar-refractivity contribution in [2.75, 3.05) is 4.90 Å². The Morgan fingerprint density at radius 2 is 1.85 bits per heavy atom. The minimum atomic E-state index is -1.80. The van der Waals surface area contributed by atoms with Crippen molar-refractivity contribution in [2.45, 2.75) is 52.4 Å².